The molecule has 8 heteroatoms. The van der Waals surface area contributed by atoms with E-state index in [9.17, 15) is 19.5 Å². The molecular weight excluding hydrogens is 264 g/mol. The zero-order valence-electron chi connectivity index (χ0n) is 10.9. The molecule has 0 unspecified atom stereocenters. The number of rotatable bonds is 5. The van der Waals surface area contributed by atoms with Gasteiger partial charge in [-0.2, -0.15) is 0 Å². The van der Waals surface area contributed by atoms with Crippen molar-refractivity contribution in [1.29, 1.82) is 0 Å². The van der Waals surface area contributed by atoms with Crippen molar-refractivity contribution < 1.29 is 9.90 Å². The van der Waals surface area contributed by atoms with E-state index >= 15 is 0 Å². The number of carbonyl (C=O) groups excluding carboxylic acids is 1. The number of aromatic hydroxyl groups is 1. The molecule has 108 valence electrons. The number of amides is 1. The third-order valence-electron chi connectivity index (χ3n) is 3.07. The van der Waals surface area contributed by atoms with E-state index in [2.05, 4.69) is 9.98 Å². The molecule has 0 saturated carbocycles. The number of carbonyl (C=O) groups is 1. The minimum atomic E-state index is -0.766. The monoisotopic (exact) mass is 280 g/mol. The summed E-state index contributed by atoms with van der Waals surface area (Å²) in [5.74, 6) is -0.332. The Bertz CT molecular complexity index is 631. The molecule has 3 N–H and O–H groups in total. The number of likely N-dealkylation sites (tertiary alicyclic amines) is 1. The Morgan fingerprint density at radius 3 is 2.75 bits per heavy atom. The van der Waals surface area contributed by atoms with E-state index in [1.807, 2.05) is 4.98 Å². The second kappa shape index (κ2) is 6.18. The molecule has 0 spiro atoms. The van der Waals surface area contributed by atoms with E-state index in [0.29, 0.717) is 25.9 Å². The highest BCUT2D eigenvalue weighted by Crippen LogP contribution is 2.09. The van der Waals surface area contributed by atoms with Crippen LogP contribution in [0.4, 0.5) is 0 Å². The van der Waals surface area contributed by atoms with Gasteiger partial charge in [0.25, 0.3) is 5.56 Å². The summed E-state index contributed by atoms with van der Waals surface area (Å²) in [6.07, 6.45) is 3.42. The Morgan fingerprint density at radius 2 is 2.10 bits per heavy atom. The van der Waals surface area contributed by atoms with Crippen LogP contribution < -0.4 is 11.2 Å². The van der Waals surface area contributed by atoms with Gasteiger partial charge in [-0.25, -0.2) is 4.79 Å². The van der Waals surface area contributed by atoms with Gasteiger partial charge >= 0.3 is 5.69 Å². The van der Waals surface area contributed by atoms with Gasteiger partial charge in [0, 0.05) is 32.3 Å². The first kappa shape index (κ1) is 14.0. The van der Waals surface area contributed by atoms with Crippen LogP contribution in [0.25, 0.3) is 0 Å². The third kappa shape index (κ3) is 3.34. The highest BCUT2D eigenvalue weighted by molar-refractivity contribution is 5.81. The summed E-state index contributed by atoms with van der Waals surface area (Å²) in [5.41, 5.74) is -1.54. The second-order valence-corrected chi connectivity index (χ2v) is 4.54. The maximum atomic E-state index is 11.4. The van der Waals surface area contributed by atoms with Crippen molar-refractivity contribution in [2.45, 2.75) is 19.3 Å². The topological polar surface area (TPSA) is 119 Å². The Labute approximate surface area is 114 Å². The van der Waals surface area contributed by atoms with E-state index in [-0.39, 0.29) is 11.5 Å². The average Bonchev–Trinajstić information content (AvgIpc) is 2.77. The Morgan fingerprint density at radius 1 is 1.30 bits per heavy atom. The van der Waals surface area contributed by atoms with Gasteiger partial charge in [-0.3, -0.25) is 24.5 Å². The number of aromatic nitrogens is 2. The van der Waals surface area contributed by atoms with Gasteiger partial charge in [0.1, 0.15) is 5.56 Å². The summed E-state index contributed by atoms with van der Waals surface area (Å²) in [7, 11) is 0. The molecule has 1 saturated heterocycles. The predicted octanol–water partition coefficient (Wildman–Crippen LogP) is -0.800. The quantitative estimate of drug-likeness (QED) is 0.483. The van der Waals surface area contributed by atoms with Crippen LogP contribution in [0, 0.1) is 0 Å². The van der Waals surface area contributed by atoms with Crippen LogP contribution in [0.1, 0.15) is 24.8 Å². The molecule has 1 aromatic rings. The molecule has 0 bridgehead atoms. The Balaban J connectivity index is 1.86. The molecular formula is C12H16N4O4. The molecule has 0 radical (unpaired) electrons. The molecule has 0 aliphatic carbocycles. The lowest BCUT2D eigenvalue weighted by Gasteiger charge is -2.13. The molecule has 1 aliphatic rings. The molecule has 2 rings (SSSR count). The molecule has 0 aromatic carbocycles. The molecule has 1 aliphatic heterocycles. The second-order valence-electron chi connectivity index (χ2n) is 4.54. The number of H-pyrrole nitrogens is 2. The molecule has 0 atom stereocenters. The highest BCUT2D eigenvalue weighted by Gasteiger charge is 2.18. The third-order valence-corrected chi connectivity index (χ3v) is 3.07. The molecule has 20 heavy (non-hydrogen) atoms. The SMILES string of the molecule is O=C1CCCN1CCCN=Cc1c(O)[nH]c(=O)[nH]c1=O. The minimum Gasteiger partial charge on any atom is -0.494 e. The van der Waals surface area contributed by atoms with E-state index in [0.717, 1.165) is 13.0 Å². The first-order valence-electron chi connectivity index (χ1n) is 6.41. The fourth-order valence-corrected chi connectivity index (χ4v) is 2.05. The van der Waals surface area contributed by atoms with Gasteiger partial charge in [0.05, 0.1) is 0 Å². The lowest BCUT2D eigenvalue weighted by Crippen LogP contribution is -2.26. The molecule has 1 aromatic heterocycles. The van der Waals surface area contributed by atoms with Crippen LogP contribution in [0.2, 0.25) is 0 Å². The smallest absolute Gasteiger partial charge is 0.328 e. The summed E-state index contributed by atoms with van der Waals surface area (Å²) in [5, 5.41) is 9.42. The van der Waals surface area contributed by atoms with Crippen molar-refractivity contribution in [2.24, 2.45) is 4.99 Å². The minimum absolute atomic E-state index is 0.0816. The standard InChI is InChI=1S/C12H16N4O4/c17-9-3-1-5-16(9)6-2-4-13-7-8-10(18)14-12(20)15-11(8)19/h7H,1-6H2,(H3,14,15,18,19,20). The van der Waals surface area contributed by atoms with Crippen LogP contribution in [0.5, 0.6) is 5.88 Å². The Kier molecular flexibility index (Phi) is 4.34. The largest absolute Gasteiger partial charge is 0.494 e. The van der Waals surface area contributed by atoms with Crippen molar-refractivity contribution in [3.05, 3.63) is 26.4 Å². The zero-order chi connectivity index (χ0) is 14.5. The maximum absolute atomic E-state index is 11.4. The fourth-order valence-electron chi connectivity index (χ4n) is 2.05. The van der Waals surface area contributed by atoms with E-state index < -0.39 is 17.1 Å². The van der Waals surface area contributed by atoms with Gasteiger partial charge in [-0.05, 0) is 12.8 Å². The number of aliphatic imine (C=N–C) groups is 1. The maximum Gasteiger partial charge on any atom is 0.328 e. The van der Waals surface area contributed by atoms with E-state index in [4.69, 9.17) is 0 Å². The fraction of sp³-hybridized carbons (Fsp3) is 0.500. The lowest BCUT2D eigenvalue weighted by atomic mass is 10.3. The molecule has 1 fully saturated rings. The number of hydrogen-bond acceptors (Lipinski definition) is 5. The Hall–Kier alpha value is -2.38. The number of aromatic amines is 2. The van der Waals surface area contributed by atoms with Gasteiger partial charge in [0.2, 0.25) is 11.8 Å². The number of nitrogens with one attached hydrogen (secondary N) is 2. The van der Waals surface area contributed by atoms with Crippen LogP contribution in [0.15, 0.2) is 14.6 Å². The van der Waals surface area contributed by atoms with Crippen LogP contribution >= 0.6 is 0 Å². The van der Waals surface area contributed by atoms with Crippen LogP contribution in [0.3, 0.4) is 0 Å². The first-order valence-corrected chi connectivity index (χ1v) is 6.41. The van der Waals surface area contributed by atoms with Crippen molar-refractivity contribution in [2.75, 3.05) is 19.6 Å². The zero-order valence-corrected chi connectivity index (χ0v) is 10.9. The molecule has 8 nitrogen and oxygen atoms in total. The summed E-state index contributed by atoms with van der Waals surface area (Å²) in [6, 6.07) is 0. The van der Waals surface area contributed by atoms with Crippen molar-refractivity contribution in [3.63, 3.8) is 0 Å². The van der Waals surface area contributed by atoms with Gasteiger partial charge in [-0.15, -0.1) is 0 Å². The normalized spacial score (nSPS) is 15.4. The van der Waals surface area contributed by atoms with Gasteiger partial charge < -0.3 is 10.0 Å². The summed E-state index contributed by atoms with van der Waals surface area (Å²) in [4.78, 5) is 43.5. The number of hydrogen-bond donors (Lipinski definition) is 3. The summed E-state index contributed by atoms with van der Waals surface area (Å²) >= 11 is 0. The average molecular weight is 280 g/mol. The predicted molar refractivity (Wildman–Crippen MR) is 72.2 cm³/mol. The van der Waals surface area contributed by atoms with Gasteiger partial charge in [0.15, 0.2) is 0 Å². The van der Waals surface area contributed by atoms with E-state index in [1.165, 1.54) is 6.21 Å². The highest BCUT2D eigenvalue weighted by atomic mass is 16.3. The molecule has 1 amide bonds. The molecule has 2 heterocycles. The van der Waals surface area contributed by atoms with Crippen molar-refractivity contribution in [1.82, 2.24) is 14.9 Å². The van der Waals surface area contributed by atoms with Crippen LogP contribution in [-0.2, 0) is 4.79 Å². The van der Waals surface area contributed by atoms with Gasteiger partial charge in [-0.1, -0.05) is 0 Å². The summed E-state index contributed by atoms with van der Waals surface area (Å²) in [6.45, 7) is 1.87. The first-order chi connectivity index (χ1) is 9.58. The van der Waals surface area contributed by atoms with E-state index in [1.54, 1.807) is 4.90 Å². The lowest BCUT2D eigenvalue weighted by molar-refractivity contribution is -0.127. The van der Waals surface area contributed by atoms with Crippen molar-refractivity contribution >= 4 is 12.1 Å². The summed E-state index contributed by atoms with van der Waals surface area (Å²) < 4.78 is 0. The van der Waals surface area contributed by atoms with Crippen LogP contribution in [-0.4, -0.2) is 51.7 Å². The number of nitrogens with zero attached hydrogens (tertiary/aromatic N) is 2. The van der Waals surface area contributed by atoms with Crippen molar-refractivity contribution in [3.8, 4) is 5.88 Å².